The van der Waals surface area contributed by atoms with Gasteiger partial charge < -0.3 is 9.73 Å². The lowest BCUT2D eigenvalue weighted by molar-refractivity contribution is 0.102. The lowest BCUT2D eigenvalue weighted by Gasteiger charge is -2.05. The van der Waals surface area contributed by atoms with Crippen LogP contribution >= 0.6 is 22.6 Å². The number of amides is 1. The lowest BCUT2D eigenvalue weighted by atomic mass is 10.1. The van der Waals surface area contributed by atoms with Crippen LogP contribution in [0.4, 0.5) is 5.69 Å². The zero-order valence-corrected chi connectivity index (χ0v) is 17.4. The molecule has 0 atom stereocenters. The van der Waals surface area contributed by atoms with Crippen molar-refractivity contribution in [2.24, 2.45) is 0 Å². The van der Waals surface area contributed by atoms with E-state index in [9.17, 15) is 4.79 Å². The first-order valence-corrected chi connectivity index (χ1v) is 10.2. The van der Waals surface area contributed by atoms with E-state index in [1.165, 1.54) is 5.39 Å². The van der Waals surface area contributed by atoms with Crippen molar-refractivity contribution in [1.29, 1.82) is 0 Å². The Bertz CT molecular complexity index is 1370. The summed E-state index contributed by atoms with van der Waals surface area (Å²) in [6, 6.07) is 27.3. The average Bonchev–Trinajstić information content (AvgIpc) is 3.17. The molecule has 140 valence electrons. The molecular weight excluding hydrogens is 475 g/mol. The Morgan fingerprint density at radius 1 is 0.862 bits per heavy atom. The van der Waals surface area contributed by atoms with Crippen molar-refractivity contribution in [2.75, 3.05) is 5.32 Å². The number of oxazole rings is 1. The van der Waals surface area contributed by atoms with Crippen molar-refractivity contribution in [2.45, 2.75) is 0 Å². The van der Waals surface area contributed by atoms with E-state index in [0.29, 0.717) is 28.2 Å². The highest BCUT2D eigenvalue weighted by Gasteiger charge is 2.11. The molecule has 0 aliphatic rings. The second-order valence-corrected chi connectivity index (χ2v) is 7.97. The van der Waals surface area contributed by atoms with Crippen LogP contribution in [0.25, 0.3) is 33.3 Å². The van der Waals surface area contributed by atoms with Crippen LogP contribution < -0.4 is 5.32 Å². The summed E-state index contributed by atoms with van der Waals surface area (Å²) in [6.07, 6.45) is 0. The Balaban J connectivity index is 1.45. The molecule has 5 heteroatoms. The zero-order valence-electron chi connectivity index (χ0n) is 15.2. The van der Waals surface area contributed by atoms with E-state index in [2.05, 4.69) is 57.2 Å². The van der Waals surface area contributed by atoms with Gasteiger partial charge in [0.2, 0.25) is 5.89 Å². The molecule has 1 N–H and O–H groups in total. The second kappa shape index (κ2) is 7.33. The third-order valence-electron chi connectivity index (χ3n) is 4.73. The summed E-state index contributed by atoms with van der Waals surface area (Å²) in [5, 5.41) is 5.24. The van der Waals surface area contributed by atoms with Crippen molar-refractivity contribution in [1.82, 2.24) is 4.98 Å². The minimum Gasteiger partial charge on any atom is -0.436 e. The second-order valence-electron chi connectivity index (χ2n) is 6.73. The van der Waals surface area contributed by atoms with Crippen LogP contribution in [0.2, 0.25) is 0 Å². The number of nitrogens with zero attached hydrogens (tertiary/aromatic N) is 1. The van der Waals surface area contributed by atoms with E-state index in [1.54, 1.807) is 6.07 Å². The van der Waals surface area contributed by atoms with Gasteiger partial charge in [-0.2, -0.15) is 0 Å². The monoisotopic (exact) mass is 490 g/mol. The standard InChI is InChI=1S/C24H15IN2O2/c25-19-7-3-6-17(13-19)23(28)26-20-10-11-22-21(14-20)27-24(29-22)18-9-8-15-4-1-2-5-16(15)12-18/h1-14H,(H,26,28). The van der Waals surface area contributed by atoms with E-state index in [4.69, 9.17) is 4.42 Å². The van der Waals surface area contributed by atoms with E-state index in [1.807, 2.05) is 54.6 Å². The molecule has 0 bridgehead atoms. The van der Waals surface area contributed by atoms with Crippen LogP contribution in [0.15, 0.2) is 89.3 Å². The molecule has 29 heavy (non-hydrogen) atoms. The summed E-state index contributed by atoms with van der Waals surface area (Å²) < 4.78 is 6.95. The number of nitrogens with one attached hydrogen (secondary N) is 1. The number of hydrogen-bond acceptors (Lipinski definition) is 3. The van der Waals surface area contributed by atoms with Crippen molar-refractivity contribution in [3.05, 3.63) is 94.1 Å². The summed E-state index contributed by atoms with van der Waals surface area (Å²) in [6.45, 7) is 0. The first-order valence-electron chi connectivity index (χ1n) is 9.12. The van der Waals surface area contributed by atoms with Gasteiger partial charge in [-0.25, -0.2) is 4.98 Å². The fourth-order valence-corrected chi connectivity index (χ4v) is 3.83. The van der Waals surface area contributed by atoms with E-state index in [-0.39, 0.29) is 5.91 Å². The highest BCUT2D eigenvalue weighted by Crippen LogP contribution is 2.28. The third kappa shape index (κ3) is 3.61. The predicted octanol–water partition coefficient (Wildman–Crippen LogP) is 6.50. The number of benzene rings is 4. The number of carbonyl (C=O) groups excluding carboxylic acids is 1. The smallest absolute Gasteiger partial charge is 0.255 e. The number of anilines is 1. The Kier molecular flexibility index (Phi) is 4.52. The van der Waals surface area contributed by atoms with Crippen LogP contribution in [0.1, 0.15) is 10.4 Å². The van der Waals surface area contributed by atoms with Gasteiger partial charge in [0.1, 0.15) is 5.52 Å². The molecule has 4 aromatic carbocycles. The molecule has 1 amide bonds. The number of halogens is 1. The maximum Gasteiger partial charge on any atom is 0.255 e. The molecule has 0 spiro atoms. The number of fused-ring (bicyclic) bond motifs is 2. The highest BCUT2D eigenvalue weighted by molar-refractivity contribution is 14.1. The van der Waals surface area contributed by atoms with E-state index < -0.39 is 0 Å². The Morgan fingerprint density at radius 3 is 2.59 bits per heavy atom. The van der Waals surface area contributed by atoms with Gasteiger partial charge in [-0.05, 0) is 81.9 Å². The molecule has 0 unspecified atom stereocenters. The minimum atomic E-state index is -0.152. The Morgan fingerprint density at radius 2 is 1.72 bits per heavy atom. The Labute approximate surface area is 180 Å². The van der Waals surface area contributed by atoms with Gasteiger partial charge in [0.05, 0.1) is 0 Å². The van der Waals surface area contributed by atoms with Crippen LogP contribution in [0.3, 0.4) is 0 Å². The fraction of sp³-hybridized carbons (Fsp3) is 0. The normalized spacial score (nSPS) is 11.1. The summed E-state index contributed by atoms with van der Waals surface area (Å²) in [7, 11) is 0. The third-order valence-corrected chi connectivity index (χ3v) is 5.40. The van der Waals surface area contributed by atoms with Gasteiger partial charge in [-0.15, -0.1) is 0 Å². The Hall–Kier alpha value is -3.19. The molecule has 0 aliphatic heterocycles. The molecule has 1 aromatic heterocycles. The molecule has 5 rings (SSSR count). The predicted molar refractivity (Wildman–Crippen MR) is 124 cm³/mol. The van der Waals surface area contributed by atoms with Crippen LogP contribution in [-0.4, -0.2) is 10.9 Å². The molecule has 0 aliphatic carbocycles. The van der Waals surface area contributed by atoms with E-state index in [0.717, 1.165) is 14.5 Å². The van der Waals surface area contributed by atoms with Gasteiger partial charge in [-0.1, -0.05) is 36.4 Å². The molecule has 0 saturated carbocycles. The largest absolute Gasteiger partial charge is 0.436 e. The van der Waals surface area contributed by atoms with Crippen molar-refractivity contribution in [3.63, 3.8) is 0 Å². The maximum absolute atomic E-state index is 12.5. The van der Waals surface area contributed by atoms with Gasteiger partial charge in [0.15, 0.2) is 5.58 Å². The van der Waals surface area contributed by atoms with E-state index >= 15 is 0 Å². The zero-order chi connectivity index (χ0) is 19.8. The first kappa shape index (κ1) is 17.9. The van der Waals surface area contributed by atoms with Gasteiger partial charge >= 0.3 is 0 Å². The quantitative estimate of drug-likeness (QED) is 0.294. The number of hydrogen-bond donors (Lipinski definition) is 1. The van der Waals surface area contributed by atoms with Crippen molar-refractivity contribution in [3.8, 4) is 11.5 Å². The van der Waals surface area contributed by atoms with Crippen LogP contribution in [-0.2, 0) is 0 Å². The van der Waals surface area contributed by atoms with Crippen LogP contribution in [0.5, 0.6) is 0 Å². The molecule has 5 aromatic rings. The molecule has 0 fully saturated rings. The molecular formula is C24H15IN2O2. The molecule has 0 radical (unpaired) electrons. The molecule has 1 heterocycles. The topological polar surface area (TPSA) is 55.1 Å². The molecule has 0 saturated heterocycles. The average molecular weight is 490 g/mol. The molecule has 4 nitrogen and oxygen atoms in total. The SMILES string of the molecule is O=C(Nc1ccc2oc(-c3ccc4ccccc4c3)nc2c1)c1cccc(I)c1. The first-order chi connectivity index (χ1) is 14.2. The van der Waals surface area contributed by atoms with Gasteiger partial charge in [0.25, 0.3) is 5.91 Å². The minimum absolute atomic E-state index is 0.152. The van der Waals surface area contributed by atoms with Gasteiger partial charge in [0, 0.05) is 20.4 Å². The summed E-state index contributed by atoms with van der Waals surface area (Å²) >= 11 is 2.19. The summed E-state index contributed by atoms with van der Waals surface area (Å²) in [5.74, 6) is 0.410. The van der Waals surface area contributed by atoms with Gasteiger partial charge in [-0.3, -0.25) is 4.79 Å². The van der Waals surface area contributed by atoms with Crippen molar-refractivity contribution < 1.29 is 9.21 Å². The lowest BCUT2D eigenvalue weighted by Crippen LogP contribution is -2.11. The van der Waals surface area contributed by atoms with Crippen LogP contribution in [0, 0.1) is 3.57 Å². The number of aromatic nitrogens is 1. The maximum atomic E-state index is 12.5. The number of rotatable bonds is 3. The number of carbonyl (C=O) groups is 1. The summed E-state index contributed by atoms with van der Waals surface area (Å²) in [5.41, 5.74) is 3.60. The highest BCUT2D eigenvalue weighted by atomic mass is 127. The summed E-state index contributed by atoms with van der Waals surface area (Å²) in [4.78, 5) is 17.1. The van der Waals surface area contributed by atoms with Crippen molar-refractivity contribution >= 4 is 56.1 Å². The fourth-order valence-electron chi connectivity index (χ4n) is 3.28.